The van der Waals surface area contributed by atoms with E-state index in [9.17, 15) is 18.0 Å². The van der Waals surface area contributed by atoms with Crippen molar-refractivity contribution in [1.82, 2.24) is 10.2 Å². The number of nitrogens with one attached hydrogen (secondary N) is 1. The molecule has 3 rings (SSSR count). The summed E-state index contributed by atoms with van der Waals surface area (Å²) in [4.78, 5) is 27.9. The van der Waals surface area contributed by atoms with Crippen LogP contribution in [0.2, 0.25) is 5.02 Å². The molecule has 0 aliphatic heterocycles. The van der Waals surface area contributed by atoms with Crippen molar-refractivity contribution >= 4 is 39.1 Å². The fourth-order valence-electron chi connectivity index (χ4n) is 3.79. The highest BCUT2D eigenvalue weighted by Crippen LogP contribution is 2.28. The quantitative estimate of drug-likeness (QED) is 0.403. The third-order valence-electron chi connectivity index (χ3n) is 6.05. The standard InChI is InChI=1S/C28H32ClN3O4S/c1-5-30-28(34)22(4)31(18-23-9-7-6-8-10-23)27(33)19-32(24-14-13-21(3)26(29)17-24)37(35,36)25-15-11-20(2)12-16-25/h6-17,22H,5,18-19H2,1-4H3,(H,30,34)/t22-/m0/s1. The van der Waals surface area contributed by atoms with Crippen molar-refractivity contribution in [1.29, 1.82) is 0 Å². The molecule has 196 valence electrons. The minimum absolute atomic E-state index is 0.0500. The Morgan fingerprint density at radius 3 is 2.22 bits per heavy atom. The molecule has 0 heterocycles. The second-order valence-corrected chi connectivity index (χ2v) is 11.1. The number of likely N-dealkylation sites (N-methyl/N-ethyl adjacent to an activating group) is 1. The molecule has 0 aliphatic carbocycles. The van der Waals surface area contributed by atoms with Crippen LogP contribution in [0.3, 0.4) is 0 Å². The minimum atomic E-state index is -4.13. The number of benzene rings is 3. The zero-order chi connectivity index (χ0) is 27.2. The van der Waals surface area contributed by atoms with Crippen LogP contribution < -0.4 is 9.62 Å². The van der Waals surface area contributed by atoms with Gasteiger partial charge in [0.2, 0.25) is 11.8 Å². The molecule has 3 aromatic carbocycles. The number of hydrogen-bond donors (Lipinski definition) is 1. The highest BCUT2D eigenvalue weighted by atomic mass is 35.5. The Morgan fingerprint density at radius 2 is 1.62 bits per heavy atom. The molecule has 9 heteroatoms. The number of nitrogens with zero attached hydrogens (tertiary/aromatic N) is 2. The lowest BCUT2D eigenvalue weighted by Crippen LogP contribution is -2.51. The molecule has 1 N–H and O–H groups in total. The van der Waals surface area contributed by atoms with E-state index in [1.165, 1.54) is 23.1 Å². The van der Waals surface area contributed by atoms with Crippen LogP contribution in [0.1, 0.15) is 30.5 Å². The Kier molecular flexibility index (Phi) is 9.34. The van der Waals surface area contributed by atoms with Crippen LogP contribution in [0.4, 0.5) is 5.69 Å². The molecule has 3 aromatic rings. The van der Waals surface area contributed by atoms with Crippen LogP contribution in [0.25, 0.3) is 0 Å². The van der Waals surface area contributed by atoms with E-state index in [2.05, 4.69) is 5.32 Å². The van der Waals surface area contributed by atoms with Crippen molar-refractivity contribution in [2.75, 3.05) is 17.4 Å². The summed E-state index contributed by atoms with van der Waals surface area (Å²) in [7, 11) is -4.13. The maximum Gasteiger partial charge on any atom is 0.264 e. The van der Waals surface area contributed by atoms with Gasteiger partial charge in [-0.2, -0.15) is 0 Å². The number of sulfonamides is 1. The molecule has 0 radical (unpaired) electrons. The molecule has 0 unspecified atom stereocenters. The first-order chi connectivity index (χ1) is 17.5. The average molecular weight is 542 g/mol. The van der Waals surface area contributed by atoms with Gasteiger partial charge in [0.25, 0.3) is 10.0 Å². The summed E-state index contributed by atoms with van der Waals surface area (Å²) in [5, 5.41) is 3.12. The number of aryl methyl sites for hydroxylation is 2. The molecule has 37 heavy (non-hydrogen) atoms. The Labute approximate surface area is 224 Å². The number of carbonyl (C=O) groups is 2. The Hall–Kier alpha value is -3.36. The zero-order valence-electron chi connectivity index (χ0n) is 21.4. The molecule has 7 nitrogen and oxygen atoms in total. The number of carbonyl (C=O) groups excluding carboxylic acids is 2. The minimum Gasteiger partial charge on any atom is -0.355 e. The summed E-state index contributed by atoms with van der Waals surface area (Å²) in [5.74, 6) is -0.840. The third kappa shape index (κ3) is 6.90. The summed E-state index contributed by atoms with van der Waals surface area (Å²) < 4.78 is 28.6. The summed E-state index contributed by atoms with van der Waals surface area (Å²) >= 11 is 6.34. The molecule has 0 aliphatic rings. The van der Waals surface area contributed by atoms with Gasteiger partial charge in [-0.3, -0.25) is 13.9 Å². The molecule has 0 spiro atoms. The van der Waals surface area contributed by atoms with Gasteiger partial charge in [0.1, 0.15) is 12.6 Å². The number of rotatable bonds is 10. The molecule has 0 fully saturated rings. The van der Waals surface area contributed by atoms with Gasteiger partial charge in [-0.15, -0.1) is 0 Å². The van der Waals surface area contributed by atoms with Gasteiger partial charge < -0.3 is 10.2 Å². The second-order valence-electron chi connectivity index (χ2n) is 8.84. The van der Waals surface area contributed by atoms with E-state index in [1.807, 2.05) is 44.2 Å². The fraction of sp³-hybridized carbons (Fsp3) is 0.286. The van der Waals surface area contributed by atoms with Crippen LogP contribution in [-0.4, -0.2) is 44.3 Å². The SMILES string of the molecule is CCNC(=O)[C@H](C)N(Cc1ccccc1)C(=O)CN(c1ccc(C)c(Cl)c1)S(=O)(=O)c1ccc(C)cc1. The lowest BCUT2D eigenvalue weighted by atomic mass is 10.1. The number of anilines is 1. The number of halogens is 1. The third-order valence-corrected chi connectivity index (χ3v) is 8.24. The molecule has 0 saturated heterocycles. The maximum atomic E-state index is 13.8. The van der Waals surface area contributed by atoms with Gasteiger partial charge in [0, 0.05) is 18.1 Å². The van der Waals surface area contributed by atoms with E-state index < -0.39 is 28.5 Å². The van der Waals surface area contributed by atoms with Gasteiger partial charge in [-0.05, 0) is 63.1 Å². The molecule has 2 amide bonds. The maximum absolute atomic E-state index is 13.8. The predicted molar refractivity (Wildman–Crippen MR) is 147 cm³/mol. The van der Waals surface area contributed by atoms with Crippen molar-refractivity contribution in [3.05, 3.63) is 94.5 Å². The number of amides is 2. The van der Waals surface area contributed by atoms with E-state index in [1.54, 1.807) is 38.1 Å². The Bertz CT molecular complexity index is 1350. The van der Waals surface area contributed by atoms with E-state index in [0.29, 0.717) is 11.6 Å². The van der Waals surface area contributed by atoms with Gasteiger partial charge in [-0.1, -0.05) is 65.7 Å². The first kappa shape index (κ1) is 28.2. The average Bonchev–Trinajstić information content (AvgIpc) is 2.88. The van der Waals surface area contributed by atoms with Crippen LogP contribution >= 0.6 is 11.6 Å². The Morgan fingerprint density at radius 1 is 0.973 bits per heavy atom. The molecule has 0 bridgehead atoms. The first-order valence-corrected chi connectivity index (χ1v) is 13.8. The van der Waals surface area contributed by atoms with Gasteiger partial charge in [-0.25, -0.2) is 8.42 Å². The Balaban J connectivity index is 2.04. The lowest BCUT2D eigenvalue weighted by Gasteiger charge is -2.32. The van der Waals surface area contributed by atoms with E-state index in [0.717, 1.165) is 21.0 Å². The zero-order valence-corrected chi connectivity index (χ0v) is 23.0. The van der Waals surface area contributed by atoms with E-state index >= 15 is 0 Å². The monoisotopic (exact) mass is 541 g/mol. The van der Waals surface area contributed by atoms with Gasteiger partial charge in [0.05, 0.1) is 10.6 Å². The smallest absolute Gasteiger partial charge is 0.264 e. The van der Waals surface area contributed by atoms with Crippen LogP contribution in [0.5, 0.6) is 0 Å². The largest absolute Gasteiger partial charge is 0.355 e. The van der Waals surface area contributed by atoms with Crippen molar-refractivity contribution < 1.29 is 18.0 Å². The summed E-state index contributed by atoms with van der Waals surface area (Å²) in [5.41, 5.74) is 2.76. The van der Waals surface area contributed by atoms with Crippen LogP contribution in [0, 0.1) is 13.8 Å². The number of hydrogen-bond acceptors (Lipinski definition) is 4. The molecular weight excluding hydrogens is 510 g/mol. The molecular formula is C28H32ClN3O4S. The lowest BCUT2D eigenvalue weighted by molar-refractivity contribution is -0.139. The topological polar surface area (TPSA) is 86.8 Å². The van der Waals surface area contributed by atoms with Gasteiger partial charge >= 0.3 is 0 Å². The second kappa shape index (κ2) is 12.3. The van der Waals surface area contributed by atoms with Crippen LogP contribution in [0.15, 0.2) is 77.7 Å². The fourth-order valence-corrected chi connectivity index (χ4v) is 5.37. The van der Waals surface area contributed by atoms with Crippen molar-refractivity contribution in [2.24, 2.45) is 0 Å². The molecule has 1 atom stereocenters. The molecule has 0 aromatic heterocycles. The van der Waals surface area contributed by atoms with Crippen molar-refractivity contribution in [2.45, 2.75) is 45.2 Å². The van der Waals surface area contributed by atoms with E-state index in [-0.39, 0.29) is 23.0 Å². The normalized spacial score (nSPS) is 12.0. The summed E-state index contributed by atoms with van der Waals surface area (Å²) in [6.07, 6.45) is 0. The highest BCUT2D eigenvalue weighted by Gasteiger charge is 2.32. The van der Waals surface area contributed by atoms with Crippen molar-refractivity contribution in [3.63, 3.8) is 0 Å². The van der Waals surface area contributed by atoms with E-state index in [4.69, 9.17) is 11.6 Å². The van der Waals surface area contributed by atoms with Crippen LogP contribution in [-0.2, 0) is 26.2 Å². The highest BCUT2D eigenvalue weighted by molar-refractivity contribution is 7.92. The summed E-state index contributed by atoms with van der Waals surface area (Å²) in [6.45, 7) is 7.15. The predicted octanol–water partition coefficient (Wildman–Crippen LogP) is 4.71. The van der Waals surface area contributed by atoms with Gasteiger partial charge in [0.15, 0.2) is 0 Å². The molecule has 0 saturated carbocycles. The summed E-state index contributed by atoms with van der Waals surface area (Å²) in [6, 6.07) is 19.7. The first-order valence-electron chi connectivity index (χ1n) is 12.0. The van der Waals surface area contributed by atoms with Crippen molar-refractivity contribution in [3.8, 4) is 0 Å².